The summed E-state index contributed by atoms with van der Waals surface area (Å²) in [6.45, 7) is 0.717. The highest BCUT2D eigenvalue weighted by Gasteiger charge is 2.33. The molecule has 2 saturated heterocycles. The summed E-state index contributed by atoms with van der Waals surface area (Å²) in [6.07, 6.45) is 2.60. The lowest BCUT2D eigenvalue weighted by Gasteiger charge is -2.34. The Morgan fingerprint density at radius 1 is 1.55 bits per heavy atom. The van der Waals surface area contributed by atoms with Crippen molar-refractivity contribution in [1.82, 2.24) is 15.5 Å². The van der Waals surface area contributed by atoms with Crippen LogP contribution in [0.4, 0.5) is 4.79 Å². The Balaban J connectivity index is 2.13. The molecule has 2 amide bonds. The first kappa shape index (κ1) is 6.87. The van der Waals surface area contributed by atoms with Crippen LogP contribution < -0.4 is 5.43 Å². The molecule has 0 bridgehead atoms. The lowest BCUT2D eigenvalue weighted by molar-refractivity contribution is 0.126. The first-order valence-electron chi connectivity index (χ1n) is 3.82. The van der Waals surface area contributed by atoms with Crippen LogP contribution in [0.1, 0.15) is 19.3 Å². The van der Waals surface area contributed by atoms with E-state index in [1.165, 1.54) is 0 Å². The molecular formula is C6H10N3O2-. The van der Waals surface area contributed by atoms with Gasteiger partial charge in [-0.3, -0.25) is 10.6 Å². The Kier molecular flexibility index (Phi) is 1.47. The fourth-order valence-corrected chi connectivity index (χ4v) is 1.63. The fraction of sp³-hybridized carbons (Fsp3) is 0.833. The van der Waals surface area contributed by atoms with Crippen molar-refractivity contribution in [2.75, 3.05) is 6.54 Å². The summed E-state index contributed by atoms with van der Waals surface area (Å²) < 4.78 is 0. The highest BCUT2D eigenvalue weighted by atomic mass is 16.6. The number of nitrogens with one attached hydrogen (secondary N) is 1. The van der Waals surface area contributed by atoms with Crippen molar-refractivity contribution in [1.29, 1.82) is 0 Å². The molecule has 2 rings (SSSR count). The molecule has 11 heavy (non-hydrogen) atoms. The maximum Gasteiger partial charge on any atom is 0.332 e. The average molecular weight is 156 g/mol. The molecule has 2 aliphatic rings. The maximum absolute atomic E-state index is 11.0. The lowest BCUT2D eigenvalue weighted by atomic mass is 10.1. The second-order valence-electron chi connectivity index (χ2n) is 2.91. The molecule has 0 aromatic rings. The van der Waals surface area contributed by atoms with Crippen molar-refractivity contribution in [2.24, 2.45) is 0 Å². The predicted molar refractivity (Wildman–Crippen MR) is 38.1 cm³/mol. The van der Waals surface area contributed by atoms with E-state index < -0.39 is 0 Å². The predicted octanol–water partition coefficient (Wildman–Crippen LogP) is 0.236. The van der Waals surface area contributed by atoms with Crippen LogP contribution in [-0.2, 0) is 0 Å². The van der Waals surface area contributed by atoms with E-state index in [-0.39, 0.29) is 12.2 Å². The number of carbonyl (C=O) groups excluding carboxylic acids is 1. The molecular weight excluding hydrogens is 146 g/mol. The Bertz CT molecular complexity index is 185. The minimum atomic E-state index is -0.246. The van der Waals surface area contributed by atoms with Gasteiger partial charge in [0.15, 0.2) is 0 Å². The van der Waals surface area contributed by atoms with Gasteiger partial charge < -0.3 is 10.1 Å². The molecule has 2 aliphatic heterocycles. The van der Waals surface area contributed by atoms with E-state index in [2.05, 4.69) is 5.43 Å². The standard InChI is InChI=1S/C6H10N3O2/c10-6-7-9(11)5-3-1-2-4-8(5)6/h5H,1-4H2,(H,7,10)/q-1. The minimum Gasteiger partial charge on any atom is -0.766 e. The van der Waals surface area contributed by atoms with Gasteiger partial charge in [-0.25, -0.2) is 4.79 Å². The summed E-state index contributed by atoms with van der Waals surface area (Å²) in [7, 11) is 0. The maximum atomic E-state index is 11.0. The zero-order valence-electron chi connectivity index (χ0n) is 6.12. The Labute approximate surface area is 64.5 Å². The van der Waals surface area contributed by atoms with Gasteiger partial charge >= 0.3 is 6.03 Å². The smallest absolute Gasteiger partial charge is 0.332 e. The zero-order chi connectivity index (χ0) is 7.84. The van der Waals surface area contributed by atoms with Crippen LogP contribution in [0.2, 0.25) is 0 Å². The van der Waals surface area contributed by atoms with Crippen LogP contribution in [0.5, 0.6) is 0 Å². The van der Waals surface area contributed by atoms with E-state index in [1.807, 2.05) is 0 Å². The van der Waals surface area contributed by atoms with Crippen LogP contribution in [0, 0.1) is 5.21 Å². The van der Waals surface area contributed by atoms with Crippen LogP contribution in [0.15, 0.2) is 0 Å². The fourth-order valence-electron chi connectivity index (χ4n) is 1.63. The van der Waals surface area contributed by atoms with Gasteiger partial charge in [-0.1, -0.05) is 0 Å². The number of rotatable bonds is 0. The molecule has 0 saturated carbocycles. The molecule has 62 valence electrons. The highest BCUT2D eigenvalue weighted by Crippen LogP contribution is 2.22. The van der Waals surface area contributed by atoms with Gasteiger partial charge in [0.25, 0.3) is 0 Å². The van der Waals surface area contributed by atoms with Crippen LogP contribution in [0.25, 0.3) is 0 Å². The SMILES string of the molecule is O=C1NN([O-])C2CCCCN12. The third-order valence-corrected chi connectivity index (χ3v) is 2.21. The Morgan fingerprint density at radius 3 is 3.09 bits per heavy atom. The molecule has 0 aromatic heterocycles. The highest BCUT2D eigenvalue weighted by molar-refractivity contribution is 5.76. The van der Waals surface area contributed by atoms with Gasteiger partial charge in [-0.2, -0.15) is 0 Å². The van der Waals surface area contributed by atoms with Gasteiger partial charge in [0.1, 0.15) is 0 Å². The summed E-state index contributed by atoms with van der Waals surface area (Å²) in [5, 5.41) is 11.6. The van der Waals surface area contributed by atoms with Gasteiger partial charge in [0.2, 0.25) is 0 Å². The van der Waals surface area contributed by atoms with Crippen molar-refractivity contribution in [3.63, 3.8) is 0 Å². The average Bonchev–Trinajstić information content (AvgIpc) is 2.30. The number of hydrogen-bond acceptors (Lipinski definition) is 3. The largest absolute Gasteiger partial charge is 0.766 e. The number of amides is 2. The third-order valence-electron chi connectivity index (χ3n) is 2.21. The number of carbonyl (C=O) groups is 1. The lowest BCUT2D eigenvalue weighted by Crippen LogP contribution is -2.40. The summed E-state index contributed by atoms with van der Waals surface area (Å²) in [5.74, 6) is 0. The quantitative estimate of drug-likeness (QED) is 0.546. The van der Waals surface area contributed by atoms with Crippen molar-refractivity contribution in [2.45, 2.75) is 25.4 Å². The second-order valence-corrected chi connectivity index (χ2v) is 2.91. The summed E-state index contributed by atoms with van der Waals surface area (Å²) in [6, 6.07) is -0.246. The number of fused-ring (bicyclic) bond motifs is 1. The summed E-state index contributed by atoms with van der Waals surface area (Å²) in [5.41, 5.74) is 2.22. The molecule has 0 radical (unpaired) electrons. The number of hydrogen-bond donors (Lipinski definition) is 1. The number of urea groups is 1. The topological polar surface area (TPSA) is 58.6 Å². The monoisotopic (exact) mass is 156 g/mol. The van der Waals surface area contributed by atoms with E-state index in [0.29, 0.717) is 5.17 Å². The van der Waals surface area contributed by atoms with E-state index in [0.717, 1.165) is 25.8 Å². The van der Waals surface area contributed by atoms with Crippen molar-refractivity contribution < 1.29 is 4.79 Å². The van der Waals surface area contributed by atoms with Crippen molar-refractivity contribution in [3.05, 3.63) is 5.21 Å². The third kappa shape index (κ3) is 0.965. The van der Waals surface area contributed by atoms with Crippen molar-refractivity contribution >= 4 is 6.03 Å². The number of nitrogens with zero attached hydrogens (tertiary/aromatic N) is 2. The second kappa shape index (κ2) is 2.35. The molecule has 0 spiro atoms. The van der Waals surface area contributed by atoms with Gasteiger partial charge in [0, 0.05) is 6.54 Å². The van der Waals surface area contributed by atoms with Gasteiger partial charge in [0.05, 0.1) is 6.17 Å². The number of piperidine rings is 1. The Hall–Kier alpha value is -0.810. The minimum absolute atomic E-state index is 0.240. The van der Waals surface area contributed by atoms with Crippen LogP contribution in [0.3, 0.4) is 0 Å². The first-order chi connectivity index (χ1) is 5.29. The van der Waals surface area contributed by atoms with E-state index in [1.54, 1.807) is 4.90 Å². The molecule has 5 nitrogen and oxygen atoms in total. The molecule has 0 aliphatic carbocycles. The number of hydroxylamine groups is 1. The van der Waals surface area contributed by atoms with Crippen LogP contribution >= 0.6 is 0 Å². The molecule has 2 fully saturated rings. The van der Waals surface area contributed by atoms with Gasteiger partial charge in [-0.05, 0) is 19.3 Å². The first-order valence-corrected chi connectivity index (χ1v) is 3.82. The normalized spacial score (nSPS) is 31.9. The number of hydrazine groups is 1. The van der Waals surface area contributed by atoms with E-state index in [9.17, 15) is 10.0 Å². The summed E-state index contributed by atoms with van der Waals surface area (Å²) >= 11 is 0. The van der Waals surface area contributed by atoms with Crippen molar-refractivity contribution in [3.8, 4) is 0 Å². The molecule has 2 heterocycles. The molecule has 5 heteroatoms. The summed E-state index contributed by atoms with van der Waals surface area (Å²) in [4.78, 5) is 12.6. The van der Waals surface area contributed by atoms with Crippen LogP contribution in [-0.4, -0.2) is 28.8 Å². The van der Waals surface area contributed by atoms with E-state index in [4.69, 9.17) is 0 Å². The molecule has 1 N–H and O–H groups in total. The molecule has 0 aromatic carbocycles. The molecule has 1 unspecified atom stereocenters. The van der Waals surface area contributed by atoms with Gasteiger partial charge in [-0.15, -0.1) is 0 Å². The van der Waals surface area contributed by atoms with E-state index >= 15 is 0 Å². The Morgan fingerprint density at radius 2 is 2.36 bits per heavy atom. The zero-order valence-corrected chi connectivity index (χ0v) is 6.12. The molecule has 1 atom stereocenters.